The van der Waals surface area contributed by atoms with Crippen molar-refractivity contribution >= 4 is 5.97 Å². The SMILES string of the molecule is C[C@@H]1CC[C@@]2(OC1)O[C@@H]1C[C@@H]3[C@H]4CC=C5C[C@@H](OC(=O)c6ccccc6)CC[C@]5(C)[C@@H]4CC[C@]3(C)[C@@H]1[C@H]2C. The van der Waals surface area contributed by atoms with Crippen molar-refractivity contribution in [1.29, 1.82) is 0 Å². The van der Waals surface area contributed by atoms with E-state index >= 15 is 0 Å². The van der Waals surface area contributed by atoms with E-state index in [1.165, 1.54) is 32.1 Å². The molecule has 4 heteroatoms. The molecule has 3 saturated carbocycles. The first-order valence-electron chi connectivity index (χ1n) is 15.5. The Morgan fingerprint density at radius 1 is 1.00 bits per heavy atom. The fourth-order valence-corrected chi connectivity index (χ4v) is 10.5. The molecule has 38 heavy (non-hydrogen) atoms. The van der Waals surface area contributed by atoms with Gasteiger partial charge in [-0.2, -0.15) is 0 Å². The molecule has 4 aliphatic carbocycles. The monoisotopic (exact) mass is 518 g/mol. The molecule has 0 amide bonds. The highest BCUT2D eigenvalue weighted by Gasteiger charge is 2.68. The second kappa shape index (κ2) is 8.93. The summed E-state index contributed by atoms with van der Waals surface area (Å²) in [4.78, 5) is 12.7. The van der Waals surface area contributed by atoms with Gasteiger partial charge in [-0.3, -0.25) is 0 Å². The number of rotatable bonds is 2. The maximum atomic E-state index is 12.7. The Kier molecular flexibility index (Phi) is 5.95. The lowest BCUT2D eigenvalue weighted by Crippen LogP contribution is -2.52. The standard InChI is InChI=1S/C34H46O4/c1-21-12-17-34(36-20-21)22(2)30-29(38-34)19-28-26-11-10-24-18-25(37-31(35)23-8-6-5-7-9-23)13-15-32(24,3)27(26)14-16-33(28,30)4/h5-10,21-22,25-30H,11-20H2,1-4H3/t21-,22-,25+,26+,27-,28-,29-,30-,32+,33+,34-/m1/s1. The van der Waals surface area contributed by atoms with Gasteiger partial charge in [0, 0.05) is 18.8 Å². The van der Waals surface area contributed by atoms with E-state index in [-0.39, 0.29) is 23.3 Å². The molecule has 1 aromatic rings. The quantitative estimate of drug-likeness (QED) is 0.299. The Balaban J connectivity index is 1.08. The van der Waals surface area contributed by atoms with Crippen LogP contribution in [0.5, 0.6) is 0 Å². The number of benzene rings is 1. The Hall–Kier alpha value is -1.65. The number of esters is 1. The summed E-state index contributed by atoms with van der Waals surface area (Å²) in [5, 5.41) is 0. The lowest BCUT2D eigenvalue weighted by Gasteiger charge is -2.58. The number of ether oxygens (including phenoxy) is 3. The lowest BCUT2D eigenvalue weighted by atomic mass is 9.47. The average molecular weight is 519 g/mol. The van der Waals surface area contributed by atoms with E-state index in [1.54, 1.807) is 5.57 Å². The van der Waals surface area contributed by atoms with Crippen LogP contribution in [0.15, 0.2) is 42.0 Å². The zero-order valence-corrected chi connectivity index (χ0v) is 23.8. The van der Waals surface area contributed by atoms with Crippen LogP contribution in [0.4, 0.5) is 0 Å². The Bertz CT molecular complexity index is 1100. The molecule has 0 radical (unpaired) electrons. The molecule has 206 valence electrons. The molecule has 7 rings (SSSR count). The van der Waals surface area contributed by atoms with Gasteiger partial charge in [0.15, 0.2) is 5.79 Å². The van der Waals surface area contributed by atoms with Crippen LogP contribution in [0.1, 0.15) is 95.8 Å². The highest BCUT2D eigenvalue weighted by atomic mass is 16.7. The van der Waals surface area contributed by atoms with E-state index in [4.69, 9.17) is 14.2 Å². The van der Waals surface area contributed by atoms with Crippen molar-refractivity contribution in [3.8, 4) is 0 Å². The minimum atomic E-state index is -0.326. The predicted molar refractivity (Wildman–Crippen MR) is 147 cm³/mol. The molecule has 2 heterocycles. The summed E-state index contributed by atoms with van der Waals surface area (Å²) in [7, 11) is 0. The molecule has 11 atom stereocenters. The number of hydrogen-bond donors (Lipinski definition) is 0. The first-order chi connectivity index (χ1) is 18.2. The van der Waals surface area contributed by atoms with E-state index in [0.29, 0.717) is 34.8 Å². The van der Waals surface area contributed by atoms with Crippen LogP contribution in [-0.4, -0.2) is 30.6 Å². The van der Waals surface area contributed by atoms with Gasteiger partial charge in [0.2, 0.25) is 0 Å². The summed E-state index contributed by atoms with van der Waals surface area (Å²) >= 11 is 0. The van der Waals surface area contributed by atoms with E-state index < -0.39 is 0 Å². The summed E-state index contributed by atoms with van der Waals surface area (Å²) in [5.41, 5.74) is 2.81. The smallest absolute Gasteiger partial charge is 0.338 e. The van der Waals surface area contributed by atoms with Crippen molar-refractivity contribution < 1.29 is 19.0 Å². The molecule has 0 unspecified atom stereocenters. The van der Waals surface area contributed by atoms with Crippen LogP contribution >= 0.6 is 0 Å². The third-order valence-corrected chi connectivity index (χ3v) is 12.6. The van der Waals surface area contributed by atoms with E-state index in [1.807, 2.05) is 30.3 Å². The molecular formula is C34H46O4. The highest BCUT2D eigenvalue weighted by Crippen LogP contribution is 2.70. The molecule has 1 aromatic carbocycles. The molecule has 6 aliphatic rings. The first-order valence-corrected chi connectivity index (χ1v) is 15.5. The van der Waals surface area contributed by atoms with Crippen molar-refractivity contribution in [1.82, 2.24) is 0 Å². The second-order valence-electron chi connectivity index (χ2n) is 14.4. The van der Waals surface area contributed by atoms with Gasteiger partial charge < -0.3 is 14.2 Å². The molecule has 5 fully saturated rings. The molecule has 0 N–H and O–H groups in total. The van der Waals surface area contributed by atoms with E-state index in [0.717, 1.165) is 50.0 Å². The molecule has 4 nitrogen and oxygen atoms in total. The first kappa shape index (κ1) is 25.3. The van der Waals surface area contributed by atoms with Gasteiger partial charge in [-0.25, -0.2) is 4.79 Å². The fraction of sp³-hybridized carbons (Fsp3) is 0.735. The summed E-state index contributed by atoms with van der Waals surface area (Å²) in [5.74, 6) is 3.46. The lowest BCUT2D eigenvalue weighted by molar-refractivity contribution is -0.272. The summed E-state index contributed by atoms with van der Waals surface area (Å²) in [6.07, 6.45) is 13.3. The van der Waals surface area contributed by atoms with Gasteiger partial charge in [0.1, 0.15) is 6.10 Å². The van der Waals surface area contributed by atoms with Gasteiger partial charge >= 0.3 is 5.97 Å². The zero-order valence-electron chi connectivity index (χ0n) is 23.8. The second-order valence-corrected chi connectivity index (χ2v) is 14.4. The molecule has 1 spiro atoms. The topological polar surface area (TPSA) is 44.8 Å². The van der Waals surface area contributed by atoms with Crippen molar-refractivity contribution in [3.05, 3.63) is 47.5 Å². The van der Waals surface area contributed by atoms with Crippen LogP contribution in [0.3, 0.4) is 0 Å². The Morgan fingerprint density at radius 3 is 2.58 bits per heavy atom. The van der Waals surface area contributed by atoms with Crippen molar-refractivity contribution in [3.63, 3.8) is 0 Å². The van der Waals surface area contributed by atoms with Gasteiger partial charge in [-0.1, -0.05) is 57.5 Å². The van der Waals surface area contributed by atoms with Crippen molar-refractivity contribution in [2.45, 2.75) is 103 Å². The molecular weight excluding hydrogens is 472 g/mol. The van der Waals surface area contributed by atoms with Crippen molar-refractivity contribution in [2.24, 2.45) is 46.3 Å². The maximum Gasteiger partial charge on any atom is 0.338 e. The number of fused-ring (bicyclic) bond motifs is 7. The number of hydrogen-bond acceptors (Lipinski definition) is 4. The van der Waals surface area contributed by atoms with Crippen LogP contribution < -0.4 is 0 Å². The largest absolute Gasteiger partial charge is 0.458 e. The van der Waals surface area contributed by atoms with Crippen LogP contribution in [0.25, 0.3) is 0 Å². The number of allylic oxidation sites excluding steroid dienone is 1. The van der Waals surface area contributed by atoms with Gasteiger partial charge in [0.25, 0.3) is 0 Å². The Labute approximate surface area is 228 Å². The van der Waals surface area contributed by atoms with E-state index in [2.05, 4.69) is 33.8 Å². The third kappa shape index (κ3) is 3.65. The number of carbonyl (C=O) groups excluding carboxylic acids is 1. The number of carbonyl (C=O) groups is 1. The maximum absolute atomic E-state index is 12.7. The van der Waals surface area contributed by atoms with Gasteiger partial charge in [-0.15, -0.1) is 0 Å². The van der Waals surface area contributed by atoms with Crippen molar-refractivity contribution in [2.75, 3.05) is 6.61 Å². The molecule has 0 aromatic heterocycles. The van der Waals surface area contributed by atoms with Crippen LogP contribution in [0, 0.1) is 46.3 Å². The average Bonchev–Trinajstić information content (AvgIpc) is 3.36. The molecule has 2 saturated heterocycles. The van der Waals surface area contributed by atoms with Gasteiger partial charge in [0.05, 0.1) is 18.3 Å². The highest BCUT2D eigenvalue weighted by molar-refractivity contribution is 5.89. The molecule has 2 aliphatic heterocycles. The minimum absolute atomic E-state index is 0.00178. The summed E-state index contributed by atoms with van der Waals surface area (Å²) < 4.78 is 19.5. The van der Waals surface area contributed by atoms with E-state index in [9.17, 15) is 4.79 Å². The predicted octanol–water partition coefficient (Wildman–Crippen LogP) is 7.58. The Morgan fingerprint density at radius 2 is 1.82 bits per heavy atom. The van der Waals surface area contributed by atoms with Crippen LogP contribution in [0.2, 0.25) is 0 Å². The molecule has 0 bridgehead atoms. The minimum Gasteiger partial charge on any atom is -0.458 e. The summed E-state index contributed by atoms with van der Waals surface area (Å²) in [6, 6.07) is 9.45. The zero-order chi connectivity index (χ0) is 26.3. The van der Waals surface area contributed by atoms with Crippen LogP contribution in [-0.2, 0) is 14.2 Å². The van der Waals surface area contributed by atoms with Gasteiger partial charge in [-0.05, 0) is 97.5 Å². The normalized spacial score (nSPS) is 49.4. The fourth-order valence-electron chi connectivity index (χ4n) is 10.5. The third-order valence-electron chi connectivity index (χ3n) is 12.6. The summed E-state index contributed by atoms with van der Waals surface area (Å²) in [6.45, 7) is 10.7.